The molecule has 23 heteroatoms. The number of aromatic nitrogens is 4. The van der Waals surface area contributed by atoms with Crippen molar-refractivity contribution in [3.8, 4) is 0 Å². The minimum absolute atomic E-state index is 0.0605. The van der Waals surface area contributed by atoms with Crippen molar-refractivity contribution in [3.63, 3.8) is 0 Å². The van der Waals surface area contributed by atoms with Crippen molar-refractivity contribution < 1.29 is 54.4 Å². The van der Waals surface area contributed by atoms with Gasteiger partial charge in [-0.15, -0.1) is 15.6 Å². The molecule has 0 aromatic carbocycles. The number of aliphatic carboxylic acids is 1. The minimum atomic E-state index is -4.84. The molecule has 39 heavy (non-hydrogen) atoms. The molecule has 3 aliphatic heterocycles. The summed E-state index contributed by atoms with van der Waals surface area (Å²) in [5.74, 6) is -2.36. The number of nitrogens with two attached hydrogens (primary N) is 1. The molecule has 214 valence electrons. The monoisotopic (exact) mass is 612 g/mol. The quantitative estimate of drug-likeness (QED) is 0.0946. The van der Waals surface area contributed by atoms with Crippen molar-refractivity contribution >= 4 is 54.8 Å². The number of hydrogen-bond donors (Lipinski definition) is 5. The van der Waals surface area contributed by atoms with Gasteiger partial charge in [0.2, 0.25) is 5.60 Å². The zero-order chi connectivity index (χ0) is 29.0. The lowest BCUT2D eigenvalue weighted by molar-refractivity contribution is -0.449. The van der Waals surface area contributed by atoms with Crippen molar-refractivity contribution in [1.29, 1.82) is 0 Å². The molecule has 0 radical (unpaired) electrons. The van der Waals surface area contributed by atoms with E-state index in [0.29, 0.717) is 4.31 Å². The van der Waals surface area contributed by atoms with Crippen LogP contribution >= 0.6 is 11.3 Å². The lowest BCUT2D eigenvalue weighted by Crippen LogP contribution is -2.95. The largest absolute Gasteiger partial charge is 0.478 e. The van der Waals surface area contributed by atoms with E-state index < -0.39 is 75.0 Å². The highest BCUT2D eigenvalue weighted by atomic mass is 32.3. The number of carbonyl (C=O) groups is 2. The molecule has 0 saturated carbocycles. The molecule has 5 rings (SSSR count). The zero-order valence-corrected chi connectivity index (χ0v) is 22.2. The van der Waals surface area contributed by atoms with E-state index in [9.17, 15) is 36.1 Å². The first-order valence-corrected chi connectivity index (χ1v) is 14.0. The number of thiazole rings is 1. The summed E-state index contributed by atoms with van der Waals surface area (Å²) >= 11 is 0.956. The van der Waals surface area contributed by atoms with Gasteiger partial charge in [0.25, 0.3) is 5.91 Å². The molecular formula is C16H20N8O12S3. The van der Waals surface area contributed by atoms with Crippen molar-refractivity contribution in [2.75, 3.05) is 5.73 Å². The van der Waals surface area contributed by atoms with E-state index in [2.05, 4.69) is 29.8 Å². The Bertz CT molecular complexity index is 1550. The van der Waals surface area contributed by atoms with Crippen molar-refractivity contribution in [2.45, 2.75) is 50.6 Å². The van der Waals surface area contributed by atoms with Crippen LogP contribution < -0.4 is 11.1 Å². The van der Waals surface area contributed by atoms with Crippen LogP contribution in [0.4, 0.5) is 5.13 Å². The van der Waals surface area contributed by atoms with E-state index in [-0.39, 0.29) is 16.5 Å². The van der Waals surface area contributed by atoms with Gasteiger partial charge in [-0.2, -0.15) is 31.8 Å². The molecule has 2 unspecified atom stereocenters. The van der Waals surface area contributed by atoms with E-state index in [4.69, 9.17) is 19.9 Å². The van der Waals surface area contributed by atoms with Gasteiger partial charge in [0.05, 0.1) is 6.20 Å². The first-order chi connectivity index (χ1) is 17.9. The maximum atomic E-state index is 13.2. The van der Waals surface area contributed by atoms with Crippen LogP contribution in [0.3, 0.4) is 0 Å². The van der Waals surface area contributed by atoms with Crippen molar-refractivity contribution in [2.24, 2.45) is 5.16 Å². The van der Waals surface area contributed by atoms with Crippen LogP contribution in [0.5, 0.6) is 0 Å². The molecule has 2 aromatic heterocycles. The van der Waals surface area contributed by atoms with Crippen LogP contribution in [-0.4, -0.2) is 96.5 Å². The number of rotatable bonds is 12. The molecule has 0 aliphatic carbocycles. The Labute approximate surface area is 223 Å². The van der Waals surface area contributed by atoms with E-state index in [1.54, 1.807) is 0 Å². The minimum Gasteiger partial charge on any atom is -0.478 e. The van der Waals surface area contributed by atoms with Crippen LogP contribution in [0.25, 0.3) is 0 Å². The topological polar surface area (TPSA) is 288 Å². The molecule has 5 heterocycles. The Morgan fingerprint density at radius 1 is 1.33 bits per heavy atom. The lowest BCUT2D eigenvalue weighted by Gasteiger charge is -2.70. The number of oxime groups is 1. The van der Waals surface area contributed by atoms with Crippen LogP contribution in [-0.2, 0) is 57.2 Å². The van der Waals surface area contributed by atoms with E-state index in [0.717, 1.165) is 22.3 Å². The number of carbonyl (C=O) groups excluding carboxylic acids is 1. The van der Waals surface area contributed by atoms with Gasteiger partial charge in [0, 0.05) is 5.38 Å². The highest BCUT2D eigenvalue weighted by Crippen LogP contribution is 2.54. The smallest absolute Gasteiger partial charge is 0.397 e. The van der Waals surface area contributed by atoms with Gasteiger partial charge in [-0.25, -0.2) is 14.0 Å². The fourth-order valence-corrected chi connectivity index (χ4v) is 5.35. The normalized spacial score (nSPS) is 23.5. The summed E-state index contributed by atoms with van der Waals surface area (Å²) in [7, 11) is -9.61. The maximum Gasteiger partial charge on any atom is 0.397 e. The molecule has 3 atom stereocenters. The van der Waals surface area contributed by atoms with E-state index in [1.165, 1.54) is 19.2 Å². The second-order valence-electron chi connectivity index (χ2n) is 8.55. The summed E-state index contributed by atoms with van der Waals surface area (Å²) in [6, 6.07) is -1.11. The number of carboxylic acids is 1. The Morgan fingerprint density at radius 2 is 2.03 bits per heavy atom. The molecule has 2 aromatic rings. The fourth-order valence-electron chi connectivity index (χ4n) is 3.50. The number of ether oxygens (including phenoxy) is 1. The Balaban J connectivity index is 1.57. The Hall–Kier alpha value is -3.32. The lowest BCUT2D eigenvalue weighted by atomic mass is 9.84. The molecule has 3 aliphatic rings. The van der Waals surface area contributed by atoms with Crippen LogP contribution in [0, 0.1) is 0 Å². The Morgan fingerprint density at radius 3 is 2.56 bits per heavy atom. The van der Waals surface area contributed by atoms with Crippen LogP contribution in [0.1, 0.15) is 25.2 Å². The molecule has 2 bridgehead atoms. The highest BCUT2D eigenvalue weighted by Gasteiger charge is 2.79. The average Bonchev–Trinajstić information content (AvgIpc) is 3.41. The molecule has 1 amide bonds. The summed E-state index contributed by atoms with van der Waals surface area (Å²) in [5.41, 5.74) is 1.25. The predicted octanol–water partition coefficient (Wildman–Crippen LogP) is -2.42. The van der Waals surface area contributed by atoms with Gasteiger partial charge < -0.3 is 25.7 Å². The maximum absolute atomic E-state index is 13.2. The number of carboxylic acid groups (broad SMARTS) is 1. The number of amides is 1. The summed E-state index contributed by atoms with van der Waals surface area (Å²) in [5, 5.41) is 24.5. The first-order valence-electron chi connectivity index (χ1n) is 10.4. The molecular weight excluding hydrogens is 592 g/mol. The van der Waals surface area contributed by atoms with Crippen LogP contribution in [0.2, 0.25) is 0 Å². The summed E-state index contributed by atoms with van der Waals surface area (Å²) < 4.78 is 73.9. The van der Waals surface area contributed by atoms with Gasteiger partial charge in [0.1, 0.15) is 30.6 Å². The average molecular weight is 613 g/mol. The SMILES string of the molecule is CC(C)(O/N=C(\C(=O)N[C@H]1C2OC1(Cn1ncc(COS(=O)(=O)O)n1)N2S(=O)(=O)O)c1csc(N)n1)C(=O)O. The third-order valence-corrected chi connectivity index (χ3v) is 7.51. The van der Waals surface area contributed by atoms with Gasteiger partial charge in [-0.3, -0.25) is 13.9 Å². The van der Waals surface area contributed by atoms with Crippen molar-refractivity contribution in [1.82, 2.24) is 29.6 Å². The van der Waals surface area contributed by atoms with Crippen molar-refractivity contribution in [3.05, 3.63) is 23.0 Å². The predicted molar refractivity (Wildman–Crippen MR) is 125 cm³/mol. The molecule has 0 spiro atoms. The number of nitrogen functional groups attached to an aromatic ring is 1. The Kier molecular flexibility index (Phi) is 7.13. The highest BCUT2D eigenvalue weighted by molar-refractivity contribution is 7.83. The standard InChI is InChI=1S/C16H20N8O12S3/c1-15(2,13(26)27)36-22-9(8-5-37-14(17)19-8)11(25)20-10-12-24(38(28,29)30)16(10,35-12)6-23-18-3-7(21-23)4-34-39(31,32)33/h3,5,10,12H,4,6H2,1-2H3,(H2,17,19)(H,20,25)(H,26,27)(H,28,29,30)(H,31,32,33)/b22-9-/t10-,12?,16?/m0/s1. The number of anilines is 1. The van der Waals surface area contributed by atoms with Gasteiger partial charge in [-0.1, -0.05) is 5.16 Å². The van der Waals surface area contributed by atoms with Crippen LogP contribution in [0.15, 0.2) is 16.7 Å². The summed E-state index contributed by atoms with van der Waals surface area (Å²) in [6.45, 7) is 1.17. The third kappa shape index (κ3) is 5.69. The summed E-state index contributed by atoms with van der Waals surface area (Å²) in [6.07, 6.45) is -0.277. The van der Waals surface area contributed by atoms with E-state index in [1.807, 2.05) is 0 Å². The summed E-state index contributed by atoms with van der Waals surface area (Å²) in [4.78, 5) is 34.4. The number of nitrogens with one attached hydrogen (secondary N) is 1. The van der Waals surface area contributed by atoms with E-state index >= 15 is 0 Å². The second-order valence-corrected chi connectivity index (χ2v) is 11.8. The molecule has 20 nitrogen and oxygen atoms in total. The second kappa shape index (κ2) is 9.70. The first kappa shape index (κ1) is 28.7. The fraction of sp³-hybridized carbons (Fsp3) is 0.500. The zero-order valence-electron chi connectivity index (χ0n) is 19.7. The molecule has 3 saturated heterocycles. The van der Waals surface area contributed by atoms with Gasteiger partial charge in [0.15, 0.2) is 22.8 Å². The third-order valence-electron chi connectivity index (χ3n) is 5.40. The van der Waals surface area contributed by atoms with Gasteiger partial charge >= 0.3 is 26.7 Å². The van der Waals surface area contributed by atoms with Gasteiger partial charge in [-0.05, 0) is 13.8 Å². The number of hydrogen-bond acceptors (Lipinski definition) is 15. The molecule has 6 N–H and O–H groups in total. The molecule has 3 fully saturated rings. The number of nitrogens with zero attached hydrogens (tertiary/aromatic N) is 6.